The molecule has 71 heavy (non-hydrogen) atoms. The van der Waals surface area contributed by atoms with Gasteiger partial charge in [-0.15, -0.1) is 0 Å². The van der Waals surface area contributed by atoms with E-state index in [1.807, 2.05) is 0 Å². The molecule has 17 heteroatoms. The minimum atomic E-state index is -0.764. The molecule has 10 atom stereocenters. The fraction of sp³-hybridized carbons (Fsp3) is 0.870. The van der Waals surface area contributed by atoms with E-state index in [1.165, 1.54) is 0 Å². The van der Waals surface area contributed by atoms with Gasteiger partial charge in [0.2, 0.25) is 23.6 Å². The maximum Gasteiger partial charge on any atom is 0.408 e. The summed E-state index contributed by atoms with van der Waals surface area (Å²) in [5.74, 6) is -0.806. The Kier molecular flexibility index (Phi) is 20.1. The Balaban J connectivity index is 0.000000265. The van der Waals surface area contributed by atoms with Crippen molar-refractivity contribution in [3.05, 3.63) is 0 Å². The van der Waals surface area contributed by atoms with Gasteiger partial charge in [0, 0.05) is 13.1 Å². The number of nitrogens with zero attached hydrogens (tertiary/aromatic N) is 2. The Labute approximate surface area is 424 Å². The Hall–Kier alpha value is -4.15. The number of rotatable bonds is 5. The molecule has 0 spiro atoms. The number of nitrogens with one attached hydrogen (secondary N) is 4. The molecule has 0 aromatic heterocycles. The van der Waals surface area contributed by atoms with E-state index in [0.717, 1.165) is 96.3 Å². The number of hydrogen-bond donors (Lipinski definition) is 5. The monoisotopic (exact) mass is 1000 g/mol. The molecule has 0 aromatic rings. The standard InChI is InChI=1S/C28H47N3O6.C26H45N3O5/c1-7-36-25(34)20-16-14-12-10-8-9-11-13-15-19(30-26(35)37-27(2,3)4)24(33)31-17-18-21(28(18,5)6)22(31)23(32)29-20;1-25(2,3)34-24(33)28-19-14-12-10-8-6-7-9-11-13-17(16-30)27-22(31)21-20-18(26(20,4)5)15-29(21)23(19)32/h18-22H,7-17H2,1-6H3,(H,29,32)(H,30,35);17-21,30H,6-16H2,1-5H3,(H,27,31)(H,28,33)/t18-,19-,20-,21-,22-;17-,18-,19-,20-,21-/m00/s1. The van der Waals surface area contributed by atoms with E-state index in [2.05, 4.69) is 49.0 Å². The smallest absolute Gasteiger partial charge is 0.408 e. The third kappa shape index (κ3) is 15.7. The van der Waals surface area contributed by atoms with Crippen LogP contribution in [0.15, 0.2) is 0 Å². The van der Waals surface area contributed by atoms with Crippen LogP contribution in [0.1, 0.15) is 192 Å². The van der Waals surface area contributed by atoms with Gasteiger partial charge in [0.15, 0.2) is 0 Å². The summed E-state index contributed by atoms with van der Waals surface area (Å²) in [6, 6.07) is -3.76. The number of carbonyl (C=O) groups excluding carboxylic acids is 7. The summed E-state index contributed by atoms with van der Waals surface area (Å²) in [6.07, 6.45) is 15.0. The number of alkyl carbamates (subject to hydrolysis) is 2. The molecule has 17 nitrogen and oxygen atoms in total. The zero-order chi connectivity index (χ0) is 52.5. The quantitative estimate of drug-likeness (QED) is 0.136. The second-order valence-corrected chi connectivity index (χ2v) is 24.5. The summed E-state index contributed by atoms with van der Waals surface area (Å²) in [4.78, 5) is 95.8. The molecule has 0 aromatic carbocycles. The number of aliphatic hydroxyl groups excluding tert-OH is 1. The lowest BCUT2D eigenvalue weighted by molar-refractivity contribution is -0.149. The van der Waals surface area contributed by atoms with Crippen LogP contribution in [0.4, 0.5) is 9.59 Å². The average Bonchev–Trinajstić information content (AvgIpc) is 3.71. The van der Waals surface area contributed by atoms with Gasteiger partial charge in [-0.05, 0) is 109 Å². The zero-order valence-corrected chi connectivity index (χ0v) is 45.3. The molecule has 4 heterocycles. The number of amides is 6. The first kappa shape index (κ1) is 57.7. The molecule has 0 radical (unpaired) electrons. The first-order valence-corrected chi connectivity index (χ1v) is 27.3. The normalized spacial score (nSPS) is 31.9. The second-order valence-electron chi connectivity index (χ2n) is 24.5. The molecule has 6 rings (SSSR count). The molecule has 6 aliphatic rings. The SMILES string of the molecule is CC(C)(C)OC(=O)N[C@H]1CCCCCCCCC[C@@H](CO)NC(=O)[C@@H]2[C@@H]3[C@H](CN2C1=O)C3(C)C.CCOC(=O)[C@@H]1CCCCCCCCC[C@H](NC(=O)OC(C)(C)C)C(=O)N2C[C@H]3[C@@H]([C@H]2C(=O)N1)C3(C)C. The number of piperidine rings is 2. The minimum absolute atomic E-state index is 0.00240. The lowest BCUT2D eigenvalue weighted by Gasteiger charge is -2.34. The van der Waals surface area contributed by atoms with E-state index in [1.54, 1.807) is 58.3 Å². The molecule has 404 valence electrons. The second kappa shape index (κ2) is 24.7. The van der Waals surface area contributed by atoms with Gasteiger partial charge in [-0.2, -0.15) is 0 Å². The van der Waals surface area contributed by atoms with Gasteiger partial charge in [-0.3, -0.25) is 19.2 Å². The van der Waals surface area contributed by atoms with Crippen molar-refractivity contribution in [2.45, 2.75) is 239 Å². The number of carbonyl (C=O) groups is 7. The molecule has 6 fully saturated rings. The van der Waals surface area contributed by atoms with E-state index < -0.39 is 59.6 Å². The van der Waals surface area contributed by atoms with Gasteiger partial charge in [0.1, 0.15) is 41.4 Å². The van der Waals surface area contributed by atoms with Gasteiger partial charge >= 0.3 is 18.2 Å². The number of fused-ring (bicyclic) bond motifs is 6. The largest absolute Gasteiger partial charge is 0.464 e. The van der Waals surface area contributed by atoms with Crippen LogP contribution in [0.3, 0.4) is 0 Å². The van der Waals surface area contributed by atoms with Crippen molar-refractivity contribution >= 4 is 41.8 Å². The first-order chi connectivity index (χ1) is 33.3. The van der Waals surface area contributed by atoms with Crippen LogP contribution in [0.5, 0.6) is 0 Å². The fourth-order valence-corrected chi connectivity index (χ4v) is 11.9. The highest BCUT2D eigenvalue weighted by Gasteiger charge is 2.71. The number of aliphatic hydroxyl groups is 1. The molecular weight excluding hydrogens is 909 g/mol. The Morgan fingerprint density at radius 1 is 0.592 bits per heavy atom. The van der Waals surface area contributed by atoms with Crippen LogP contribution in [0.25, 0.3) is 0 Å². The summed E-state index contributed by atoms with van der Waals surface area (Å²) in [5, 5.41) is 21.4. The fourth-order valence-electron chi connectivity index (χ4n) is 11.9. The highest BCUT2D eigenvalue weighted by Crippen LogP contribution is 2.66. The van der Waals surface area contributed by atoms with Gasteiger partial charge in [0.05, 0.1) is 19.3 Å². The summed E-state index contributed by atoms with van der Waals surface area (Å²) < 4.78 is 16.1. The lowest BCUT2D eigenvalue weighted by atomic mass is 9.97. The molecule has 0 bridgehead atoms. The average molecular weight is 1000 g/mol. The van der Waals surface area contributed by atoms with Gasteiger partial charge in [0.25, 0.3) is 0 Å². The summed E-state index contributed by atoms with van der Waals surface area (Å²) in [5.41, 5.74) is -1.41. The molecule has 6 amide bonds. The van der Waals surface area contributed by atoms with Crippen LogP contribution < -0.4 is 21.3 Å². The van der Waals surface area contributed by atoms with Crippen molar-refractivity contribution in [1.29, 1.82) is 0 Å². The van der Waals surface area contributed by atoms with Crippen LogP contribution in [0.2, 0.25) is 0 Å². The third-order valence-corrected chi connectivity index (χ3v) is 16.0. The van der Waals surface area contributed by atoms with E-state index in [-0.39, 0.29) is 77.4 Å². The number of hydrogen-bond acceptors (Lipinski definition) is 11. The van der Waals surface area contributed by atoms with Crippen LogP contribution in [0, 0.1) is 34.5 Å². The first-order valence-electron chi connectivity index (χ1n) is 27.3. The Bertz CT molecular complexity index is 1860. The predicted molar refractivity (Wildman–Crippen MR) is 270 cm³/mol. The Morgan fingerprint density at radius 2 is 0.958 bits per heavy atom. The lowest BCUT2D eigenvalue weighted by Crippen LogP contribution is -2.57. The van der Waals surface area contributed by atoms with Crippen molar-refractivity contribution in [3.8, 4) is 0 Å². The molecule has 2 saturated carbocycles. The van der Waals surface area contributed by atoms with Crippen LogP contribution >= 0.6 is 0 Å². The van der Waals surface area contributed by atoms with Gasteiger partial charge in [-0.25, -0.2) is 14.4 Å². The predicted octanol–water partition coefficient (Wildman–Crippen LogP) is 7.30. The van der Waals surface area contributed by atoms with Crippen molar-refractivity contribution in [2.75, 3.05) is 26.3 Å². The maximum absolute atomic E-state index is 13.8. The van der Waals surface area contributed by atoms with Crippen molar-refractivity contribution in [1.82, 2.24) is 31.1 Å². The summed E-state index contributed by atoms with van der Waals surface area (Å²) >= 11 is 0. The number of esters is 1. The number of ether oxygens (including phenoxy) is 3. The highest BCUT2D eigenvalue weighted by molar-refractivity contribution is 5.95. The van der Waals surface area contributed by atoms with Crippen molar-refractivity contribution in [2.24, 2.45) is 34.5 Å². The van der Waals surface area contributed by atoms with Crippen LogP contribution in [-0.2, 0) is 38.2 Å². The maximum atomic E-state index is 13.8. The van der Waals surface area contributed by atoms with E-state index >= 15 is 0 Å². The minimum Gasteiger partial charge on any atom is -0.464 e. The molecule has 4 saturated heterocycles. The molecule has 4 aliphatic heterocycles. The third-order valence-electron chi connectivity index (χ3n) is 16.0. The molecule has 5 N–H and O–H groups in total. The Morgan fingerprint density at radius 3 is 1.34 bits per heavy atom. The van der Waals surface area contributed by atoms with Gasteiger partial charge in [-0.1, -0.05) is 118 Å². The summed E-state index contributed by atoms with van der Waals surface area (Å²) in [7, 11) is 0. The van der Waals surface area contributed by atoms with Crippen molar-refractivity contribution < 1.29 is 52.9 Å². The topological polar surface area (TPSA) is 222 Å². The summed E-state index contributed by atoms with van der Waals surface area (Å²) in [6.45, 7) is 22.1. The van der Waals surface area contributed by atoms with Crippen LogP contribution in [-0.4, -0.2) is 130 Å². The van der Waals surface area contributed by atoms with Gasteiger partial charge < -0.3 is 50.4 Å². The van der Waals surface area contributed by atoms with E-state index in [0.29, 0.717) is 32.4 Å². The zero-order valence-electron chi connectivity index (χ0n) is 45.3. The van der Waals surface area contributed by atoms with E-state index in [4.69, 9.17) is 14.2 Å². The molecule has 2 aliphatic carbocycles. The van der Waals surface area contributed by atoms with Crippen molar-refractivity contribution in [3.63, 3.8) is 0 Å². The van der Waals surface area contributed by atoms with E-state index in [9.17, 15) is 38.7 Å². The molecule has 0 unspecified atom stereocenters. The highest BCUT2D eigenvalue weighted by atomic mass is 16.6. The molecular formula is C54H92N6O11.